The second-order valence-corrected chi connectivity index (χ2v) is 7.62. The Kier molecular flexibility index (Phi) is 5.81. The number of piperazine rings is 1. The van der Waals surface area contributed by atoms with Crippen LogP contribution >= 0.6 is 0 Å². The van der Waals surface area contributed by atoms with Gasteiger partial charge in [0.1, 0.15) is 0 Å². The smallest absolute Gasteiger partial charge is 0.225 e. The summed E-state index contributed by atoms with van der Waals surface area (Å²) in [6.07, 6.45) is 1.64. The topological polar surface area (TPSA) is 44.8 Å². The van der Waals surface area contributed by atoms with Gasteiger partial charge in [0.15, 0.2) is 0 Å². The summed E-state index contributed by atoms with van der Waals surface area (Å²) in [5.41, 5.74) is 3.81. The Morgan fingerprint density at radius 2 is 1.89 bits per heavy atom. The summed E-state index contributed by atoms with van der Waals surface area (Å²) in [6.45, 7) is 4.11. The van der Waals surface area contributed by atoms with Crippen LogP contribution in [0.5, 0.6) is 0 Å². The van der Waals surface area contributed by atoms with Gasteiger partial charge < -0.3 is 19.9 Å². The molecular weight excluding hydrogens is 350 g/mol. The number of carbonyl (C=O) groups is 1. The number of hydrogen-bond donors (Lipinski definition) is 1. The minimum absolute atomic E-state index is 0.0380. The Bertz CT molecular complexity index is 795. The maximum atomic E-state index is 13.1. The van der Waals surface area contributed by atoms with Crippen molar-refractivity contribution in [3.8, 4) is 0 Å². The third-order valence-electron chi connectivity index (χ3n) is 5.91. The van der Waals surface area contributed by atoms with E-state index in [1.54, 1.807) is 7.11 Å². The van der Waals surface area contributed by atoms with Gasteiger partial charge in [-0.25, -0.2) is 0 Å². The van der Waals surface area contributed by atoms with Crippen molar-refractivity contribution in [3.63, 3.8) is 0 Å². The molecule has 148 valence electrons. The molecule has 2 aromatic carbocycles. The Balaban J connectivity index is 1.55. The number of nitrogens with zero attached hydrogens (tertiary/aromatic N) is 2. The van der Waals surface area contributed by atoms with Crippen molar-refractivity contribution >= 4 is 17.3 Å². The van der Waals surface area contributed by atoms with Crippen molar-refractivity contribution in [2.24, 2.45) is 5.92 Å². The molecule has 4 rings (SSSR count). The molecule has 0 aromatic heterocycles. The molecule has 0 aliphatic carbocycles. The number of fused-ring (bicyclic) bond motifs is 3. The van der Waals surface area contributed by atoms with Gasteiger partial charge in [-0.2, -0.15) is 0 Å². The van der Waals surface area contributed by atoms with E-state index >= 15 is 0 Å². The zero-order valence-electron chi connectivity index (χ0n) is 16.5. The Labute approximate surface area is 167 Å². The van der Waals surface area contributed by atoms with Crippen LogP contribution in [0.3, 0.4) is 0 Å². The fraction of sp³-hybridized carbons (Fsp3) is 0.435. The number of para-hydroxylation sites is 2. The lowest BCUT2D eigenvalue weighted by Gasteiger charge is -2.49. The number of ether oxygens (including phenoxy) is 1. The lowest BCUT2D eigenvalue weighted by Crippen LogP contribution is -2.61. The summed E-state index contributed by atoms with van der Waals surface area (Å²) >= 11 is 0. The summed E-state index contributed by atoms with van der Waals surface area (Å²) in [5, 5.41) is 3.14. The number of rotatable bonds is 6. The molecule has 2 aliphatic rings. The number of anilines is 2. The summed E-state index contributed by atoms with van der Waals surface area (Å²) < 4.78 is 5.10. The van der Waals surface area contributed by atoms with E-state index in [0.29, 0.717) is 13.2 Å². The van der Waals surface area contributed by atoms with Gasteiger partial charge in [0.25, 0.3) is 0 Å². The van der Waals surface area contributed by atoms with Gasteiger partial charge in [0.05, 0.1) is 12.0 Å². The van der Waals surface area contributed by atoms with Crippen LogP contribution in [0.15, 0.2) is 54.6 Å². The van der Waals surface area contributed by atoms with Crippen LogP contribution in [0.4, 0.5) is 11.4 Å². The highest BCUT2D eigenvalue weighted by molar-refractivity contribution is 5.82. The van der Waals surface area contributed by atoms with Gasteiger partial charge >= 0.3 is 0 Å². The Hall–Kier alpha value is -2.53. The Morgan fingerprint density at radius 3 is 2.71 bits per heavy atom. The average molecular weight is 380 g/mol. The number of carbonyl (C=O) groups excluding carboxylic acids is 1. The molecule has 0 saturated carbocycles. The maximum Gasteiger partial charge on any atom is 0.225 e. The van der Waals surface area contributed by atoms with Crippen LogP contribution in [0, 0.1) is 5.92 Å². The van der Waals surface area contributed by atoms with Gasteiger partial charge in [0.2, 0.25) is 5.91 Å². The van der Waals surface area contributed by atoms with Gasteiger partial charge in [-0.3, -0.25) is 4.79 Å². The number of hydrogen-bond acceptors (Lipinski definition) is 4. The standard InChI is InChI=1S/C23H29N3O2/c1-28-15-7-12-24-23(27)20-16-18-8-5-6-11-21(18)26-14-13-25(17-22(20)26)19-9-3-2-4-10-19/h2-6,8-11,20,22H,7,12-17H2,1H3,(H,24,27). The largest absolute Gasteiger partial charge is 0.385 e. The van der Waals surface area contributed by atoms with Crippen molar-refractivity contribution < 1.29 is 9.53 Å². The van der Waals surface area contributed by atoms with Gasteiger partial charge in [-0.05, 0) is 36.6 Å². The van der Waals surface area contributed by atoms with E-state index in [0.717, 1.165) is 32.5 Å². The fourth-order valence-electron chi connectivity index (χ4n) is 4.49. The zero-order valence-corrected chi connectivity index (χ0v) is 16.5. The highest BCUT2D eigenvalue weighted by Crippen LogP contribution is 2.36. The molecule has 1 N–H and O–H groups in total. The number of benzene rings is 2. The van der Waals surface area contributed by atoms with E-state index in [1.165, 1.54) is 16.9 Å². The first-order valence-electron chi connectivity index (χ1n) is 10.2. The minimum Gasteiger partial charge on any atom is -0.385 e. The number of methoxy groups -OCH3 is 1. The maximum absolute atomic E-state index is 13.1. The molecular formula is C23H29N3O2. The highest BCUT2D eigenvalue weighted by Gasteiger charge is 2.41. The van der Waals surface area contributed by atoms with Crippen molar-refractivity contribution in [2.75, 3.05) is 49.7 Å². The van der Waals surface area contributed by atoms with E-state index in [4.69, 9.17) is 4.74 Å². The second-order valence-electron chi connectivity index (χ2n) is 7.62. The zero-order chi connectivity index (χ0) is 19.3. The number of nitrogens with one attached hydrogen (secondary N) is 1. The van der Waals surface area contributed by atoms with Crippen LogP contribution < -0.4 is 15.1 Å². The van der Waals surface area contributed by atoms with Crippen LogP contribution in [0.25, 0.3) is 0 Å². The van der Waals surface area contributed by atoms with Crippen molar-refractivity contribution in [3.05, 3.63) is 60.2 Å². The second kappa shape index (κ2) is 8.65. The van der Waals surface area contributed by atoms with Crippen LogP contribution in [-0.2, 0) is 16.0 Å². The van der Waals surface area contributed by atoms with E-state index < -0.39 is 0 Å². The molecule has 0 bridgehead atoms. The molecule has 2 unspecified atom stereocenters. The molecule has 2 heterocycles. The molecule has 0 radical (unpaired) electrons. The quantitative estimate of drug-likeness (QED) is 0.784. The van der Waals surface area contributed by atoms with E-state index in [9.17, 15) is 4.79 Å². The summed E-state index contributed by atoms with van der Waals surface area (Å²) in [7, 11) is 1.69. The molecule has 1 saturated heterocycles. The first kappa shape index (κ1) is 18.8. The average Bonchev–Trinajstić information content (AvgIpc) is 2.76. The molecule has 1 amide bonds. The van der Waals surface area contributed by atoms with Crippen molar-refractivity contribution in [2.45, 2.75) is 18.9 Å². The monoisotopic (exact) mass is 379 g/mol. The first-order chi connectivity index (χ1) is 13.8. The van der Waals surface area contributed by atoms with Crippen molar-refractivity contribution in [1.29, 1.82) is 0 Å². The molecule has 2 atom stereocenters. The van der Waals surface area contributed by atoms with Gasteiger partial charge in [-0.15, -0.1) is 0 Å². The SMILES string of the molecule is COCCCNC(=O)C1Cc2ccccc2N2CCN(c3ccccc3)CC12. The van der Waals surface area contributed by atoms with E-state index in [-0.39, 0.29) is 17.9 Å². The molecule has 2 aliphatic heterocycles. The van der Waals surface area contributed by atoms with E-state index in [1.807, 2.05) is 6.07 Å². The number of amides is 1. The molecule has 28 heavy (non-hydrogen) atoms. The summed E-state index contributed by atoms with van der Waals surface area (Å²) in [5.74, 6) is 0.125. The van der Waals surface area contributed by atoms with Crippen molar-refractivity contribution in [1.82, 2.24) is 5.32 Å². The molecule has 2 aromatic rings. The fourth-order valence-corrected chi connectivity index (χ4v) is 4.49. The normalized spacial score (nSPS) is 21.0. The summed E-state index contributed by atoms with van der Waals surface area (Å²) in [6, 6.07) is 19.3. The van der Waals surface area contributed by atoms with Crippen LogP contribution in [0.1, 0.15) is 12.0 Å². The Morgan fingerprint density at radius 1 is 1.11 bits per heavy atom. The molecule has 5 nitrogen and oxygen atoms in total. The third kappa shape index (κ3) is 3.85. The molecule has 5 heteroatoms. The summed E-state index contributed by atoms with van der Waals surface area (Å²) in [4.78, 5) is 17.9. The minimum atomic E-state index is -0.0380. The lowest BCUT2D eigenvalue weighted by atomic mass is 9.83. The molecule has 0 spiro atoms. The molecule has 1 fully saturated rings. The van der Waals surface area contributed by atoms with Crippen LogP contribution in [-0.4, -0.2) is 51.8 Å². The van der Waals surface area contributed by atoms with Crippen LogP contribution in [0.2, 0.25) is 0 Å². The van der Waals surface area contributed by atoms with E-state index in [2.05, 4.69) is 63.6 Å². The van der Waals surface area contributed by atoms with Gasteiger partial charge in [0, 0.05) is 51.3 Å². The predicted octanol–water partition coefficient (Wildman–Crippen LogP) is 2.71. The highest BCUT2D eigenvalue weighted by atomic mass is 16.5. The lowest BCUT2D eigenvalue weighted by molar-refractivity contribution is -0.125. The third-order valence-corrected chi connectivity index (χ3v) is 5.91. The van der Waals surface area contributed by atoms with Gasteiger partial charge in [-0.1, -0.05) is 36.4 Å². The predicted molar refractivity (Wildman–Crippen MR) is 113 cm³/mol. The first-order valence-corrected chi connectivity index (χ1v) is 10.2.